The van der Waals surface area contributed by atoms with Crippen molar-refractivity contribution >= 4 is 5.91 Å². The summed E-state index contributed by atoms with van der Waals surface area (Å²) in [6.45, 7) is 4.03. The van der Waals surface area contributed by atoms with Crippen LogP contribution in [0.2, 0.25) is 0 Å². The van der Waals surface area contributed by atoms with Crippen LogP contribution >= 0.6 is 0 Å². The summed E-state index contributed by atoms with van der Waals surface area (Å²) >= 11 is 0. The number of rotatable bonds is 42. The van der Waals surface area contributed by atoms with Crippen LogP contribution in [0.1, 0.15) is 239 Å². The number of amides is 1. The lowest BCUT2D eigenvalue weighted by Gasteiger charge is -2.27. The highest BCUT2D eigenvalue weighted by Gasteiger charge is 2.28. The van der Waals surface area contributed by atoms with Gasteiger partial charge >= 0.3 is 0 Å². The molecular formula is C47H91NO5. The molecule has 53 heavy (non-hydrogen) atoms. The molecule has 1 amide bonds. The molecular weight excluding hydrogens is 659 g/mol. The van der Waals surface area contributed by atoms with E-state index in [0.717, 1.165) is 38.5 Å². The Morgan fingerprint density at radius 3 is 1.19 bits per heavy atom. The monoisotopic (exact) mass is 750 g/mol. The molecule has 0 aliphatic rings. The molecule has 0 aromatic carbocycles. The minimum atomic E-state index is -1.29. The van der Waals surface area contributed by atoms with Crippen molar-refractivity contribution in [2.24, 2.45) is 0 Å². The predicted molar refractivity (Wildman–Crippen MR) is 228 cm³/mol. The van der Waals surface area contributed by atoms with Crippen LogP contribution in [0.25, 0.3) is 0 Å². The van der Waals surface area contributed by atoms with E-state index in [1.165, 1.54) is 167 Å². The van der Waals surface area contributed by atoms with E-state index in [1.807, 2.05) is 0 Å². The Morgan fingerprint density at radius 2 is 0.792 bits per heavy atom. The van der Waals surface area contributed by atoms with Gasteiger partial charge in [-0.15, -0.1) is 0 Å². The molecule has 4 atom stereocenters. The molecule has 6 nitrogen and oxygen atoms in total. The number of carbonyl (C=O) groups is 1. The number of allylic oxidation sites excluding steroid dienone is 4. The van der Waals surface area contributed by atoms with E-state index in [0.29, 0.717) is 19.3 Å². The Morgan fingerprint density at radius 1 is 0.453 bits per heavy atom. The second-order valence-electron chi connectivity index (χ2n) is 16.1. The van der Waals surface area contributed by atoms with Crippen molar-refractivity contribution in [3.63, 3.8) is 0 Å². The van der Waals surface area contributed by atoms with Crippen molar-refractivity contribution in [3.05, 3.63) is 24.3 Å². The maximum atomic E-state index is 12.5. The molecule has 0 radical (unpaired) electrons. The Bertz CT molecular complexity index is 802. The summed E-state index contributed by atoms with van der Waals surface area (Å²) in [6.07, 6.45) is 48.0. The molecule has 4 unspecified atom stereocenters. The van der Waals surface area contributed by atoms with E-state index in [9.17, 15) is 25.2 Å². The molecule has 5 N–H and O–H groups in total. The molecule has 0 aliphatic heterocycles. The second kappa shape index (κ2) is 41.9. The fourth-order valence-corrected chi connectivity index (χ4v) is 7.19. The van der Waals surface area contributed by atoms with Crippen LogP contribution in [0.4, 0.5) is 0 Å². The van der Waals surface area contributed by atoms with Crippen LogP contribution < -0.4 is 5.32 Å². The van der Waals surface area contributed by atoms with Gasteiger partial charge in [0, 0.05) is 0 Å². The first-order valence-electron chi connectivity index (χ1n) is 23.2. The molecule has 0 fully saturated rings. The summed E-state index contributed by atoms with van der Waals surface area (Å²) in [5.41, 5.74) is 0. The van der Waals surface area contributed by atoms with Crippen LogP contribution in [-0.4, -0.2) is 57.3 Å². The fraction of sp³-hybridized carbons (Fsp3) is 0.894. The van der Waals surface area contributed by atoms with Crippen molar-refractivity contribution < 1.29 is 25.2 Å². The summed E-state index contributed by atoms with van der Waals surface area (Å²) in [5.74, 6) is -0.598. The zero-order valence-electron chi connectivity index (χ0n) is 35.3. The molecule has 0 saturated carbocycles. The molecule has 0 aliphatic carbocycles. The molecule has 0 bridgehead atoms. The van der Waals surface area contributed by atoms with Gasteiger partial charge < -0.3 is 25.7 Å². The van der Waals surface area contributed by atoms with Crippen molar-refractivity contribution in [2.75, 3.05) is 6.61 Å². The van der Waals surface area contributed by atoms with Gasteiger partial charge in [0.15, 0.2) is 0 Å². The molecule has 6 heteroatoms. The van der Waals surface area contributed by atoms with Gasteiger partial charge in [-0.2, -0.15) is 0 Å². The van der Waals surface area contributed by atoms with Gasteiger partial charge in [0.2, 0.25) is 5.91 Å². The summed E-state index contributed by atoms with van der Waals surface area (Å²) in [6, 6.07) is -1.00. The summed E-state index contributed by atoms with van der Waals surface area (Å²) in [5, 5.41) is 43.6. The lowest BCUT2D eigenvalue weighted by Crippen LogP contribution is -2.53. The highest BCUT2D eigenvalue weighted by molar-refractivity contribution is 5.80. The quantitative estimate of drug-likeness (QED) is 0.0315. The van der Waals surface area contributed by atoms with Crippen LogP contribution in [-0.2, 0) is 4.79 Å². The third-order valence-electron chi connectivity index (χ3n) is 10.9. The summed E-state index contributed by atoms with van der Waals surface area (Å²) in [4.78, 5) is 12.5. The second-order valence-corrected chi connectivity index (χ2v) is 16.1. The summed E-state index contributed by atoms with van der Waals surface area (Å²) < 4.78 is 0. The first-order valence-corrected chi connectivity index (χ1v) is 23.2. The summed E-state index contributed by atoms with van der Waals surface area (Å²) in [7, 11) is 0. The molecule has 0 saturated heterocycles. The Labute approximate surface area is 329 Å². The minimum Gasteiger partial charge on any atom is -0.394 e. The number of aliphatic hydroxyl groups is 4. The Hall–Kier alpha value is -1.21. The average Bonchev–Trinajstić information content (AvgIpc) is 3.16. The minimum absolute atomic E-state index is 0.362. The van der Waals surface area contributed by atoms with Gasteiger partial charge in [0.1, 0.15) is 12.2 Å². The molecule has 0 rings (SSSR count). The van der Waals surface area contributed by atoms with Crippen LogP contribution in [0.5, 0.6) is 0 Å². The number of aliphatic hydroxyl groups excluding tert-OH is 4. The van der Waals surface area contributed by atoms with E-state index in [2.05, 4.69) is 43.5 Å². The van der Waals surface area contributed by atoms with Crippen molar-refractivity contribution in [1.29, 1.82) is 0 Å². The maximum Gasteiger partial charge on any atom is 0.249 e. The zero-order valence-corrected chi connectivity index (χ0v) is 35.3. The number of carbonyl (C=O) groups excluding carboxylic acids is 1. The first kappa shape index (κ1) is 51.8. The van der Waals surface area contributed by atoms with E-state index in [-0.39, 0.29) is 0 Å². The van der Waals surface area contributed by atoms with E-state index >= 15 is 0 Å². The van der Waals surface area contributed by atoms with Gasteiger partial charge in [-0.25, -0.2) is 0 Å². The molecule has 0 aromatic rings. The predicted octanol–water partition coefficient (Wildman–Crippen LogP) is 12.4. The van der Waals surface area contributed by atoms with Gasteiger partial charge in [-0.1, -0.05) is 212 Å². The zero-order chi connectivity index (χ0) is 38.9. The largest absolute Gasteiger partial charge is 0.394 e. The fourth-order valence-electron chi connectivity index (χ4n) is 7.19. The number of unbranched alkanes of at least 4 members (excludes halogenated alkanes) is 29. The van der Waals surface area contributed by atoms with Crippen LogP contribution in [0.15, 0.2) is 24.3 Å². The lowest BCUT2D eigenvalue weighted by molar-refractivity contribution is -0.132. The first-order chi connectivity index (χ1) is 26.0. The van der Waals surface area contributed by atoms with Crippen molar-refractivity contribution in [3.8, 4) is 0 Å². The number of nitrogens with one attached hydrogen (secondary N) is 1. The van der Waals surface area contributed by atoms with Gasteiger partial charge in [-0.3, -0.25) is 4.79 Å². The normalized spacial score (nSPS) is 14.3. The number of hydrogen-bond donors (Lipinski definition) is 5. The van der Waals surface area contributed by atoms with E-state index < -0.39 is 36.9 Å². The molecule has 314 valence electrons. The maximum absolute atomic E-state index is 12.5. The lowest BCUT2D eigenvalue weighted by atomic mass is 10.00. The van der Waals surface area contributed by atoms with E-state index in [1.54, 1.807) is 0 Å². The molecule has 0 spiro atoms. The average molecular weight is 750 g/mol. The Kier molecular flexibility index (Phi) is 41.0. The topological polar surface area (TPSA) is 110 Å². The van der Waals surface area contributed by atoms with Gasteiger partial charge in [0.25, 0.3) is 0 Å². The molecule has 0 heterocycles. The van der Waals surface area contributed by atoms with Gasteiger partial charge in [0.05, 0.1) is 18.8 Å². The SMILES string of the molecule is CCCCCCCCCCCCCCCCCCC/C=C/CC/C=C/CCCC(O)C(O)C(CO)NC(=O)C(O)CCCCCCCCCCCCC. The highest BCUT2D eigenvalue weighted by atomic mass is 16.3. The van der Waals surface area contributed by atoms with Crippen molar-refractivity contribution in [2.45, 2.75) is 263 Å². The smallest absolute Gasteiger partial charge is 0.249 e. The standard InChI is InChI=1S/C47H91NO5/c1-3-5-7-9-11-13-15-16-17-18-19-20-21-22-23-24-25-26-27-28-29-31-32-34-36-38-40-44(50)46(52)43(42-49)48-47(53)45(51)41-39-37-35-33-30-14-12-10-8-6-4-2/h27-28,32,34,43-46,49-52H,3-26,29-31,33,35-42H2,1-2H3,(H,48,53)/b28-27+,34-32+. The van der Waals surface area contributed by atoms with E-state index in [4.69, 9.17) is 0 Å². The molecule has 0 aromatic heterocycles. The number of hydrogen-bond acceptors (Lipinski definition) is 5. The third-order valence-corrected chi connectivity index (χ3v) is 10.9. The highest BCUT2D eigenvalue weighted by Crippen LogP contribution is 2.16. The van der Waals surface area contributed by atoms with Crippen LogP contribution in [0.3, 0.4) is 0 Å². The van der Waals surface area contributed by atoms with Crippen LogP contribution in [0, 0.1) is 0 Å². The van der Waals surface area contributed by atoms with Crippen molar-refractivity contribution in [1.82, 2.24) is 5.32 Å². The third kappa shape index (κ3) is 36.2. The Balaban J connectivity index is 3.71. The van der Waals surface area contributed by atoms with Gasteiger partial charge in [-0.05, 0) is 51.4 Å².